The van der Waals surface area contributed by atoms with Crippen molar-refractivity contribution < 1.29 is 13.9 Å². The van der Waals surface area contributed by atoms with Gasteiger partial charge in [-0.2, -0.15) is 0 Å². The number of hydrogen-bond donors (Lipinski definition) is 1. The lowest BCUT2D eigenvalue weighted by atomic mass is 10.1. The molecule has 1 N–H and O–H groups in total. The van der Waals surface area contributed by atoms with Crippen LogP contribution in [-0.2, 0) is 9.53 Å². The molecule has 0 bridgehead atoms. The van der Waals surface area contributed by atoms with Crippen LogP contribution in [0.1, 0.15) is 12.8 Å². The molecule has 72 valence electrons. The summed E-state index contributed by atoms with van der Waals surface area (Å²) in [6.07, 6.45) is -0.101. The van der Waals surface area contributed by atoms with E-state index in [2.05, 4.69) is 10.1 Å². The maximum atomic E-state index is 12.5. The number of alkyl halides is 1. The SMILES string of the molecule is COC(=O)CC1CC(F)CN1.Cl. The van der Waals surface area contributed by atoms with Crippen molar-refractivity contribution >= 4 is 18.4 Å². The molecule has 0 aromatic heterocycles. The molecule has 1 saturated heterocycles. The third-order valence-electron chi connectivity index (χ3n) is 1.81. The highest BCUT2D eigenvalue weighted by Gasteiger charge is 2.25. The Morgan fingerprint density at radius 3 is 2.83 bits per heavy atom. The van der Waals surface area contributed by atoms with E-state index in [1.165, 1.54) is 7.11 Å². The van der Waals surface area contributed by atoms with E-state index >= 15 is 0 Å². The number of carbonyl (C=O) groups excluding carboxylic acids is 1. The maximum absolute atomic E-state index is 12.5. The van der Waals surface area contributed by atoms with Crippen LogP contribution in [-0.4, -0.2) is 31.8 Å². The molecule has 1 aliphatic rings. The third kappa shape index (κ3) is 3.36. The lowest BCUT2D eigenvalue weighted by Crippen LogP contribution is -2.24. The summed E-state index contributed by atoms with van der Waals surface area (Å²) in [5.74, 6) is -0.281. The summed E-state index contributed by atoms with van der Waals surface area (Å²) in [6, 6.07) is -0.0301. The van der Waals surface area contributed by atoms with Gasteiger partial charge in [-0.15, -0.1) is 12.4 Å². The number of methoxy groups -OCH3 is 1. The van der Waals surface area contributed by atoms with Gasteiger partial charge in [0.1, 0.15) is 6.17 Å². The highest BCUT2D eigenvalue weighted by atomic mass is 35.5. The van der Waals surface area contributed by atoms with Gasteiger partial charge in [-0.25, -0.2) is 4.39 Å². The summed E-state index contributed by atoms with van der Waals surface area (Å²) < 4.78 is 17.0. The normalized spacial score (nSPS) is 27.8. The number of ether oxygens (including phenoxy) is 1. The van der Waals surface area contributed by atoms with E-state index in [4.69, 9.17) is 0 Å². The topological polar surface area (TPSA) is 38.3 Å². The van der Waals surface area contributed by atoms with E-state index in [0.717, 1.165) is 0 Å². The van der Waals surface area contributed by atoms with Crippen LogP contribution < -0.4 is 5.32 Å². The lowest BCUT2D eigenvalue weighted by molar-refractivity contribution is -0.141. The molecule has 1 fully saturated rings. The Hall–Kier alpha value is -0.350. The summed E-state index contributed by atoms with van der Waals surface area (Å²) in [6.45, 7) is 0.363. The molecule has 1 aliphatic heterocycles. The summed E-state index contributed by atoms with van der Waals surface area (Å²) in [5.41, 5.74) is 0. The number of nitrogens with one attached hydrogen (secondary N) is 1. The fourth-order valence-corrected chi connectivity index (χ4v) is 1.21. The van der Waals surface area contributed by atoms with E-state index in [1.54, 1.807) is 0 Å². The molecule has 0 amide bonds. The molecule has 0 aromatic rings. The molecule has 0 spiro atoms. The second-order valence-electron chi connectivity index (χ2n) is 2.72. The summed E-state index contributed by atoms with van der Waals surface area (Å²) in [7, 11) is 1.34. The van der Waals surface area contributed by atoms with Gasteiger partial charge >= 0.3 is 5.97 Å². The van der Waals surface area contributed by atoms with Crippen molar-refractivity contribution in [1.82, 2.24) is 5.32 Å². The molecule has 5 heteroatoms. The average molecular weight is 198 g/mol. The van der Waals surface area contributed by atoms with Crippen LogP contribution in [0.4, 0.5) is 4.39 Å². The van der Waals surface area contributed by atoms with Gasteiger partial charge in [0.25, 0.3) is 0 Å². The standard InChI is InChI=1S/C7H12FNO2.ClH/c1-11-7(10)3-6-2-5(8)4-9-6;/h5-6,9H,2-4H2,1H3;1H. The fraction of sp³-hybridized carbons (Fsp3) is 0.857. The first-order chi connectivity index (χ1) is 5.22. The van der Waals surface area contributed by atoms with Gasteiger partial charge in [0.05, 0.1) is 13.5 Å². The predicted molar refractivity (Wildman–Crippen MR) is 45.2 cm³/mol. The second kappa shape index (κ2) is 5.32. The van der Waals surface area contributed by atoms with Gasteiger partial charge in [-0.3, -0.25) is 4.79 Å². The zero-order valence-electron chi connectivity index (χ0n) is 6.88. The Bertz CT molecular complexity index is 156. The molecule has 0 aliphatic carbocycles. The summed E-state index contributed by atoms with van der Waals surface area (Å²) >= 11 is 0. The Balaban J connectivity index is 0.00000121. The fourth-order valence-electron chi connectivity index (χ4n) is 1.21. The maximum Gasteiger partial charge on any atom is 0.307 e. The molecule has 1 heterocycles. The van der Waals surface area contributed by atoms with Crippen molar-refractivity contribution in [3.05, 3.63) is 0 Å². The van der Waals surface area contributed by atoms with Crippen molar-refractivity contribution in [3.63, 3.8) is 0 Å². The number of hydrogen-bond acceptors (Lipinski definition) is 3. The molecular formula is C7H13ClFNO2. The van der Waals surface area contributed by atoms with Gasteiger partial charge in [0.2, 0.25) is 0 Å². The van der Waals surface area contributed by atoms with Crippen LogP contribution in [0.25, 0.3) is 0 Å². The molecule has 1 rings (SSSR count). The van der Waals surface area contributed by atoms with Crippen LogP contribution in [0.2, 0.25) is 0 Å². The smallest absolute Gasteiger partial charge is 0.307 e. The van der Waals surface area contributed by atoms with E-state index in [1.807, 2.05) is 0 Å². The van der Waals surface area contributed by atoms with Crippen LogP contribution in [0.5, 0.6) is 0 Å². The second-order valence-corrected chi connectivity index (χ2v) is 2.72. The minimum Gasteiger partial charge on any atom is -0.469 e. The molecular weight excluding hydrogens is 185 g/mol. The molecule has 2 unspecified atom stereocenters. The zero-order valence-corrected chi connectivity index (χ0v) is 7.70. The first-order valence-electron chi connectivity index (χ1n) is 3.66. The molecule has 0 aromatic carbocycles. The van der Waals surface area contributed by atoms with Crippen LogP contribution in [0.15, 0.2) is 0 Å². The highest BCUT2D eigenvalue weighted by Crippen LogP contribution is 2.12. The Kier molecular flexibility index (Phi) is 5.17. The van der Waals surface area contributed by atoms with E-state index < -0.39 is 6.17 Å². The monoisotopic (exact) mass is 197 g/mol. The molecule has 3 nitrogen and oxygen atoms in total. The summed E-state index contributed by atoms with van der Waals surface area (Å²) in [4.78, 5) is 10.7. The van der Waals surface area contributed by atoms with E-state index in [-0.39, 0.29) is 30.8 Å². The molecule has 12 heavy (non-hydrogen) atoms. The molecule has 0 radical (unpaired) electrons. The van der Waals surface area contributed by atoms with E-state index in [9.17, 15) is 9.18 Å². The molecule has 2 atom stereocenters. The Labute approximate surface area is 77.1 Å². The van der Waals surface area contributed by atoms with Crippen molar-refractivity contribution in [1.29, 1.82) is 0 Å². The lowest BCUT2D eigenvalue weighted by Gasteiger charge is -2.06. The minimum absolute atomic E-state index is 0. The van der Waals surface area contributed by atoms with Gasteiger partial charge < -0.3 is 10.1 Å². The predicted octanol–water partition coefficient (Wildman–Crippen LogP) is 0.671. The average Bonchev–Trinajstić information content (AvgIpc) is 2.35. The number of rotatable bonds is 2. The minimum atomic E-state index is -0.801. The first-order valence-corrected chi connectivity index (χ1v) is 3.66. The largest absolute Gasteiger partial charge is 0.469 e. The van der Waals surface area contributed by atoms with Gasteiger partial charge in [-0.05, 0) is 6.42 Å². The first kappa shape index (κ1) is 11.6. The third-order valence-corrected chi connectivity index (χ3v) is 1.81. The van der Waals surface area contributed by atoms with Crippen molar-refractivity contribution in [2.24, 2.45) is 0 Å². The zero-order chi connectivity index (χ0) is 8.27. The van der Waals surface area contributed by atoms with Gasteiger partial charge in [-0.1, -0.05) is 0 Å². The highest BCUT2D eigenvalue weighted by molar-refractivity contribution is 5.85. The number of esters is 1. The summed E-state index contributed by atoms with van der Waals surface area (Å²) in [5, 5.41) is 2.90. The van der Waals surface area contributed by atoms with E-state index in [0.29, 0.717) is 13.0 Å². The van der Waals surface area contributed by atoms with Gasteiger partial charge in [0, 0.05) is 12.6 Å². The molecule has 0 saturated carbocycles. The Morgan fingerprint density at radius 2 is 2.42 bits per heavy atom. The van der Waals surface area contributed by atoms with Gasteiger partial charge in [0.15, 0.2) is 0 Å². The van der Waals surface area contributed by atoms with Crippen LogP contribution >= 0.6 is 12.4 Å². The van der Waals surface area contributed by atoms with Crippen molar-refractivity contribution in [2.75, 3.05) is 13.7 Å². The van der Waals surface area contributed by atoms with Crippen molar-refractivity contribution in [3.8, 4) is 0 Å². The van der Waals surface area contributed by atoms with Crippen molar-refractivity contribution in [2.45, 2.75) is 25.1 Å². The van der Waals surface area contributed by atoms with Crippen LogP contribution in [0.3, 0.4) is 0 Å². The number of carbonyl (C=O) groups is 1. The Morgan fingerprint density at radius 1 is 1.75 bits per heavy atom. The van der Waals surface area contributed by atoms with Crippen LogP contribution in [0, 0.1) is 0 Å². The quantitative estimate of drug-likeness (QED) is 0.662. The number of halogens is 2.